The van der Waals surface area contributed by atoms with Crippen LogP contribution in [0.25, 0.3) is 0 Å². The molecular weight excluding hydrogens is 172 g/mol. The van der Waals surface area contributed by atoms with Crippen molar-refractivity contribution in [3.8, 4) is 0 Å². The molecule has 5 heteroatoms. The number of hydrogen-bond acceptors (Lipinski definition) is 4. The SMILES string of the molecule is COCCNC(=O)COC1CNC1. The molecule has 1 saturated heterocycles. The largest absolute Gasteiger partial charge is 0.383 e. The van der Waals surface area contributed by atoms with Crippen LogP contribution < -0.4 is 10.6 Å². The van der Waals surface area contributed by atoms with E-state index in [1.807, 2.05) is 0 Å². The van der Waals surface area contributed by atoms with Gasteiger partial charge in [0.15, 0.2) is 0 Å². The molecule has 0 aromatic heterocycles. The van der Waals surface area contributed by atoms with Gasteiger partial charge >= 0.3 is 0 Å². The van der Waals surface area contributed by atoms with Crippen molar-refractivity contribution in [2.24, 2.45) is 0 Å². The van der Waals surface area contributed by atoms with E-state index in [4.69, 9.17) is 9.47 Å². The van der Waals surface area contributed by atoms with Gasteiger partial charge in [0.05, 0.1) is 12.7 Å². The van der Waals surface area contributed by atoms with E-state index in [2.05, 4.69) is 10.6 Å². The molecule has 1 rings (SSSR count). The molecule has 1 aliphatic rings. The summed E-state index contributed by atoms with van der Waals surface area (Å²) < 4.78 is 10.0. The van der Waals surface area contributed by atoms with Crippen LogP contribution >= 0.6 is 0 Å². The molecule has 2 N–H and O–H groups in total. The first-order valence-corrected chi connectivity index (χ1v) is 4.41. The van der Waals surface area contributed by atoms with E-state index >= 15 is 0 Å². The molecule has 0 spiro atoms. The number of methoxy groups -OCH3 is 1. The maximum Gasteiger partial charge on any atom is 0.246 e. The number of carbonyl (C=O) groups is 1. The van der Waals surface area contributed by atoms with Gasteiger partial charge in [0.2, 0.25) is 5.91 Å². The van der Waals surface area contributed by atoms with E-state index in [1.54, 1.807) is 7.11 Å². The average molecular weight is 188 g/mol. The lowest BCUT2D eigenvalue weighted by atomic mass is 10.2. The molecule has 76 valence electrons. The summed E-state index contributed by atoms with van der Waals surface area (Å²) in [6.07, 6.45) is 0.216. The summed E-state index contributed by atoms with van der Waals surface area (Å²) in [5.41, 5.74) is 0. The first kappa shape index (κ1) is 10.4. The lowest BCUT2D eigenvalue weighted by Gasteiger charge is -2.26. The smallest absolute Gasteiger partial charge is 0.246 e. The van der Waals surface area contributed by atoms with Crippen LogP contribution in [0.15, 0.2) is 0 Å². The van der Waals surface area contributed by atoms with E-state index in [-0.39, 0.29) is 18.6 Å². The second-order valence-corrected chi connectivity index (χ2v) is 2.93. The highest BCUT2D eigenvalue weighted by atomic mass is 16.5. The quantitative estimate of drug-likeness (QED) is 0.511. The fraction of sp³-hybridized carbons (Fsp3) is 0.875. The molecule has 0 radical (unpaired) electrons. The molecule has 1 fully saturated rings. The third-order valence-electron chi connectivity index (χ3n) is 1.82. The molecule has 0 bridgehead atoms. The molecule has 0 aliphatic carbocycles. The average Bonchev–Trinajstić information content (AvgIpc) is 2.02. The number of carbonyl (C=O) groups excluding carboxylic acids is 1. The van der Waals surface area contributed by atoms with Gasteiger partial charge in [-0.25, -0.2) is 0 Å². The molecule has 0 atom stereocenters. The highest BCUT2D eigenvalue weighted by Crippen LogP contribution is 1.96. The Balaban J connectivity index is 1.90. The summed E-state index contributed by atoms with van der Waals surface area (Å²) in [7, 11) is 1.60. The zero-order valence-electron chi connectivity index (χ0n) is 7.84. The van der Waals surface area contributed by atoms with Crippen molar-refractivity contribution in [2.75, 3.05) is 40.0 Å². The molecule has 1 amide bonds. The van der Waals surface area contributed by atoms with Crippen LogP contribution in [0.5, 0.6) is 0 Å². The van der Waals surface area contributed by atoms with Gasteiger partial charge in [-0.15, -0.1) is 0 Å². The van der Waals surface area contributed by atoms with E-state index in [9.17, 15) is 4.79 Å². The minimum atomic E-state index is -0.0797. The summed E-state index contributed by atoms with van der Waals surface area (Å²) in [6.45, 7) is 2.94. The highest BCUT2D eigenvalue weighted by molar-refractivity contribution is 5.77. The van der Waals surface area contributed by atoms with Crippen LogP contribution in [0, 0.1) is 0 Å². The van der Waals surface area contributed by atoms with Gasteiger partial charge in [-0.1, -0.05) is 0 Å². The molecule has 5 nitrogen and oxygen atoms in total. The van der Waals surface area contributed by atoms with Gasteiger partial charge in [-0.2, -0.15) is 0 Å². The summed E-state index contributed by atoms with van der Waals surface area (Å²) in [6, 6.07) is 0. The summed E-state index contributed by atoms with van der Waals surface area (Å²) in [4.78, 5) is 11.1. The molecular formula is C8H16N2O3. The van der Waals surface area contributed by atoms with Crippen LogP contribution in [-0.4, -0.2) is 52.0 Å². The van der Waals surface area contributed by atoms with Crippen LogP contribution in [0.3, 0.4) is 0 Å². The van der Waals surface area contributed by atoms with Crippen LogP contribution in [0.1, 0.15) is 0 Å². The minimum absolute atomic E-state index is 0.0797. The molecule has 13 heavy (non-hydrogen) atoms. The van der Waals surface area contributed by atoms with Crippen molar-refractivity contribution >= 4 is 5.91 Å². The van der Waals surface area contributed by atoms with E-state index in [0.29, 0.717) is 13.2 Å². The minimum Gasteiger partial charge on any atom is -0.383 e. The number of amides is 1. The Morgan fingerprint density at radius 1 is 1.62 bits per heavy atom. The third-order valence-corrected chi connectivity index (χ3v) is 1.82. The molecule has 0 aromatic rings. The van der Waals surface area contributed by atoms with Crippen molar-refractivity contribution in [2.45, 2.75) is 6.10 Å². The van der Waals surface area contributed by atoms with Crippen molar-refractivity contribution in [3.63, 3.8) is 0 Å². The normalized spacial score (nSPS) is 16.7. The maximum absolute atomic E-state index is 11.1. The molecule has 1 aliphatic heterocycles. The summed E-state index contributed by atoms with van der Waals surface area (Å²) in [5.74, 6) is -0.0797. The Bertz CT molecular complexity index is 159. The van der Waals surface area contributed by atoms with Crippen LogP contribution in [-0.2, 0) is 14.3 Å². The van der Waals surface area contributed by atoms with Gasteiger partial charge in [-0.05, 0) is 0 Å². The van der Waals surface area contributed by atoms with Crippen LogP contribution in [0.2, 0.25) is 0 Å². The Morgan fingerprint density at radius 3 is 2.92 bits per heavy atom. The summed E-state index contributed by atoms with van der Waals surface area (Å²) in [5, 5.41) is 5.74. The first-order chi connectivity index (χ1) is 6.33. The first-order valence-electron chi connectivity index (χ1n) is 4.41. The van der Waals surface area contributed by atoms with Crippen LogP contribution in [0.4, 0.5) is 0 Å². The molecule has 1 heterocycles. The zero-order valence-corrected chi connectivity index (χ0v) is 7.84. The fourth-order valence-electron chi connectivity index (χ4n) is 0.917. The summed E-state index contributed by atoms with van der Waals surface area (Å²) >= 11 is 0. The van der Waals surface area contributed by atoms with Gasteiger partial charge < -0.3 is 20.1 Å². The Hall–Kier alpha value is -0.650. The second kappa shape index (κ2) is 5.90. The number of nitrogens with one attached hydrogen (secondary N) is 2. The van der Waals surface area contributed by atoms with Gasteiger partial charge in [0, 0.05) is 26.7 Å². The van der Waals surface area contributed by atoms with Crippen molar-refractivity contribution in [1.82, 2.24) is 10.6 Å². The topological polar surface area (TPSA) is 59.6 Å². The zero-order chi connectivity index (χ0) is 9.52. The standard InChI is InChI=1S/C8H16N2O3/c1-12-3-2-10-8(11)6-13-7-4-9-5-7/h7,9H,2-6H2,1H3,(H,10,11). The van der Waals surface area contributed by atoms with Crippen molar-refractivity contribution in [3.05, 3.63) is 0 Å². The van der Waals surface area contributed by atoms with Crippen molar-refractivity contribution < 1.29 is 14.3 Å². The molecule has 0 unspecified atom stereocenters. The number of hydrogen-bond donors (Lipinski definition) is 2. The third kappa shape index (κ3) is 4.21. The van der Waals surface area contributed by atoms with Gasteiger partial charge in [0.25, 0.3) is 0 Å². The molecule has 0 saturated carbocycles. The van der Waals surface area contributed by atoms with E-state index in [1.165, 1.54) is 0 Å². The monoisotopic (exact) mass is 188 g/mol. The lowest BCUT2D eigenvalue weighted by Crippen LogP contribution is -2.49. The number of ether oxygens (including phenoxy) is 2. The maximum atomic E-state index is 11.1. The van der Waals surface area contributed by atoms with E-state index < -0.39 is 0 Å². The molecule has 0 aromatic carbocycles. The predicted molar refractivity (Wildman–Crippen MR) is 47.5 cm³/mol. The Kier molecular flexibility index (Phi) is 4.74. The van der Waals surface area contributed by atoms with Gasteiger partial charge in [0.1, 0.15) is 6.61 Å². The second-order valence-electron chi connectivity index (χ2n) is 2.93. The lowest BCUT2D eigenvalue weighted by molar-refractivity contribution is -0.128. The highest BCUT2D eigenvalue weighted by Gasteiger charge is 2.17. The van der Waals surface area contributed by atoms with Crippen molar-refractivity contribution in [1.29, 1.82) is 0 Å². The Morgan fingerprint density at radius 2 is 2.38 bits per heavy atom. The Labute approximate surface area is 77.8 Å². The van der Waals surface area contributed by atoms with E-state index in [0.717, 1.165) is 13.1 Å². The predicted octanol–water partition coefficient (Wildman–Crippen LogP) is -1.26. The van der Waals surface area contributed by atoms with Gasteiger partial charge in [-0.3, -0.25) is 4.79 Å². The fourth-order valence-corrected chi connectivity index (χ4v) is 0.917. The number of rotatable bonds is 6.